The first-order valence-corrected chi connectivity index (χ1v) is 11.1. The normalized spacial score (nSPS) is 12.5. The summed E-state index contributed by atoms with van der Waals surface area (Å²) in [5.41, 5.74) is 3.94. The number of rotatable bonds is 7. The van der Waals surface area contributed by atoms with E-state index in [-0.39, 0.29) is 24.0 Å². The number of carbonyl (C=O) groups is 2. The number of nitrogens with one attached hydrogen (secondary N) is 2. The second-order valence-electron chi connectivity index (χ2n) is 7.24. The van der Waals surface area contributed by atoms with E-state index in [0.717, 1.165) is 0 Å². The van der Waals surface area contributed by atoms with Crippen molar-refractivity contribution in [2.75, 3.05) is 13.9 Å². The zero-order valence-electron chi connectivity index (χ0n) is 18.4. The highest BCUT2D eigenvalue weighted by molar-refractivity contribution is 9.10. The van der Waals surface area contributed by atoms with Gasteiger partial charge < -0.3 is 24.6 Å². The molecule has 178 valence electrons. The first-order chi connectivity index (χ1) is 16.9. The molecule has 0 spiro atoms. The molecule has 9 nitrogen and oxygen atoms in total. The smallest absolute Gasteiger partial charge is 0.287 e. The van der Waals surface area contributed by atoms with Crippen LogP contribution in [0.2, 0.25) is 0 Å². The standard InChI is InChI=1S/C25H20BrN3O6/c1-33-22-12-16(9-18(26)23(22)30)13-27-29-25(32)19(28-24(31)17-5-3-2-4-6-17)10-15-7-8-20-21(11-15)35-14-34-20/h2-13,30H,14H2,1H3,(H,28,31)(H,29,32)/b19-10+,27-13+. The molecule has 1 heterocycles. The van der Waals surface area contributed by atoms with Crippen LogP contribution in [-0.4, -0.2) is 37.0 Å². The van der Waals surface area contributed by atoms with Gasteiger partial charge in [-0.25, -0.2) is 5.43 Å². The summed E-state index contributed by atoms with van der Waals surface area (Å²) in [6.45, 7) is 0.119. The predicted octanol–water partition coefficient (Wildman–Crippen LogP) is 3.81. The average Bonchev–Trinajstić information content (AvgIpc) is 3.34. The molecule has 0 fully saturated rings. The maximum absolute atomic E-state index is 12.9. The van der Waals surface area contributed by atoms with Crippen LogP contribution in [0.25, 0.3) is 6.08 Å². The molecule has 10 heteroatoms. The molecule has 35 heavy (non-hydrogen) atoms. The van der Waals surface area contributed by atoms with E-state index in [9.17, 15) is 14.7 Å². The highest BCUT2D eigenvalue weighted by atomic mass is 79.9. The minimum absolute atomic E-state index is 0.0284. The van der Waals surface area contributed by atoms with E-state index in [1.54, 1.807) is 60.7 Å². The summed E-state index contributed by atoms with van der Waals surface area (Å²) >= 11 is 3.23. The van der Waals surface area contributed by atoms with E-state index in [4.69, 9.17) is 14.2 Å². The number of methoxy groups -OCH3 is 1. The number of benzene rings is 3. The van der Waals surface area contributed by atoms with Crippen LogP contribution in [0.4, 0.5) is 0 Å². The molecule has 0 atom stereocenters. The van der Waals surface area contributed by atoms with Gasteiger partial charge in [0.2, 0.25) is 6.79 Å². The number of phenols is 1. The molecule has 1 aliphatic heterocycles. The van der Waals surface area contributed by atoms with Crippen molar-refractivity contribution in [2.24, 2.45) is 5.10 Å². The molecule has 0 aliphatic carbocycles. The Balaban J connectivity index is 1.56. The summed E-state index contributed by atoms with van der Waals surface area (Å²) in [5.74, 6) is 0.230. The maximum atomic E-state index is 12.9. The van der Waals surface area contributed by atoms with E-state index >= 15 is 0 Å². The number of phenolic OH excluding ortho intramolecular Hbond substituents is 1. The van der Waals surface area contributed by atoms with E-state index in [0.29, 0.717) is 32.7 Å². The van der Waals surface area contributed by atoms with Gasteiger partial charge in [-0.3, -0.25) is 9.59 Å². The Morgan fingerprint density at radius 3 is 2.60 bits per heavy atom. The number of ether oxygens (including phenoxy) is 3. The van der Waals surface area contributed by atoms with Crippen LogP contribution in [0, 0.1) is 0 Å². The van der Waals surface area contributed by atoms with Crippen LogP contribution >= 0.6 is 15.9 Å². The van der Waals surface area contributed by atoms with Crippen LogP contribution < -0.4 is 25.0 Å². The number of halogens is 1. The van der Waals surface area contributed by atoms with Gasteiger partial charge in [-0.1, -0.05) is 24.3 Å². The third-order valence-corrected chi connectivity index (χ3v) is 5.49. The molecular formula is C25H20BrN3O6. The Bertz CT molecular complexity index is 1320. The fourth-order valence-corrected chi connectivity index (χ4v) is 3.62. The van der Waals surface area contributed by atoms with Crippen LogP contribution in [0.3, 0.4) is 0 Å². The van der Waals surface area contributed by atoms with Crippen molar-refractivity contribution in [3.63, 3.8) is 0 Å². The second-order valence-corrected chi connectivity index (χ2v) is 8.10. The molecule has 0 radical (unpaired) electrons. The van der Waals surface area contributed by atoms with E-state index in [1.165, 1.54) is 19.4 Å². The van der Waals surface area contributed by atoms with Gasteiger partial charge in [0.1, 0.15) is 5.70 Å². The molecule has 3 aromatic rings. The Morgan fingerprint density at radius 1 is 1.06 bits per heavy atom. The molecule has 0 saturated carbocycles. The van der Waals surface area contributed by atoms with Gasteiger partial charge in [-0.15, -0.1) is 0 Å². The minimum atomic E-state index is -0.645. The summed E-state index contributed by atoms with van der Waals surface area (Å²) in [6.07, 6.45) is 2.88. The van der Waals surface area contributed by atoms with Gasteiger partial charge in [0.05, 0.1) is 17.8 Å². The van der Waals surface area contributed by atoms with Gasteiger partial charge >= 0.3 is 0 Å². The van der Waals surface area contributed by atoms with Crippen molar-refractivity contribution in [1.29, 1.82) is 0 Å². The molecule has 3 aromatic carbocycles. The largest absolute Gasteiger partial charge is 0.503 e. The van der Waals surface area contributed by atoms with Crippen molar-refractivity contribution in [3.05, 3.63) is 87.5 Å². The Labute approximate surface area is 209 Å². The molecule has 0 bridgehead atoms. The molecule has 1 aliphatic rings. The molecule has 0 unspecified atom stereocenters. The first kappa shape index (κ1) is 23.8. The lowest BCUT2D eigenvalue weighted by molar-refractivity contribution is -0.117. The molecular weight excluding hydrogens is 518 g/mol. The minimum Gasteiger partial charge on any atom is -0.503 e. The van der Waals surface area contributed by atoms with Crippen molar-refractivity contribution in [3.8, 4) is 23.0 Å². The van der Waals surface area contributed by atoms with E-state index in [2.05, 4.69) is 31.8 Å². The summed E-state index contributed by atoms with van der Waals surface area (Å²) in [7, 11) is 1.42. The maximum Gasteiger partial charge on any atom is 0.287 e. The lowest BCUT2D eigenvalue weighted by atomic mass is 10.1. The molecule has 4 rings (SSSR count). The number of fused-ring (bicyclic) bond motifs is 1. The van der Waals surface area contributed by atoms with Crippen molar-refractivity contribution >= 4 is 40.0 Å². The summed E-state index contributed by atoms with van der Waals surface area (Å²) in [4.78, 5) is 25.7. The lowest BCUT2D eigenvalue weighted by Gasteiger charge is -2.10. The fraction of sp³-hybridized carbons (Fsp3) is 0.0800. The summed E-state index contributed by atoms with van der Waals surface area (Å²) in [5, 5.41) is 16.5. The number of carbonyl (C=O) groups excluding carboxylic acids is 2. The molecule has 2 amide bonds. The van der Waals surface area contributed by atoms with Crippen molar-refractivity contribution in [1.82, 2.24) is 10.7 Å². The zero-order valence-corrected chi connectivity index (χ0v) is 20.0. The van der Waals surface area contributed by atoms with Crippen LogP contribution in [0.15, 0.2) is 75.9 Å². The fourth-order valence-electron chi connectivity index (χ4n) is 3.16. The van der Waals surface area contributed by atoms with Crippen LogP contribution in [-0.2, 0) is 4.79 Å². The number of nitrogens with zero attached hydrogens (tertiary/aromatic N) is 1. The number of hydrazone groups is 1. The molecule has 0 aromatic heterocycles. The summed E-state index contributed by atoms with van der Waals surface area (Å²) in [6, 6.07) is 16.8. The van der Waals surface area contributed by atoms with Gasteiger partial charge in [-0.2, -0.15) is 5.10 Å². The second kappa shape index (κ2) is 10.7. The SMILES string of the molecule is COc1cc(/C=N/NC(=O)/C(=C\c2ccc3c(c2)OCO3)NC(=O)c2ccccc2)cc(Br)c1O. The zero-order chi connectivity index (χ0) is 24.8. The van der Waals surface area contributed by atoms with E-state index in [1.807, 2.05) is 0 Å². The van der Waals surface area contributed by atoms with Crippen LogP contribution in [0.1, 0.15) is 21.5 Å². The average molecular weight is 538 g/mol. The third-order valence-electron chi connectivity index (χ3n) is 4.89. The Hall–Kier alpha value is -4.31. The summed E-state index contributed by atoms with van der Waals surface area (Å²) < 4.78 is 16.2. The number of amides is 2. The Kier molecular flexibility index (Phi) is 7.32. The number of hydrogen-bond acceptors (Lipinski definition) is 7. The van der Waals surface area contributed by atoms with Crippen molar-refractivity contribution in [2.45, 2.75) is 0 Å². The Morgan fingerprint density at radius 2 is 1.83 bits per heavy atom. The topological polar surface area (TPSA) is 118 Å². The van der Waals surface area contributed by atoms with Crippen LogP contribution in [0.5, 0.6) is 23.0 Å². The number of aromatic hydroxyl groups is 1. The van der Waals surface area contributed by atoms with Gasteiger partial charge in [0.25, 0.3) is 11.8 Å². The highest BCUT2D eigenvalue weighted by Gasteiger charge is 2.17. The first-order valence-electron chi connectivity index (χ1n) is 10.3. The van der Waals surface area contributed by atoms with E-state index < -0.39 is 11.8 Å². The lowest BCUT2D eigenvalue weighted by Crippen LogP contribution is -2.32. The van der Waals surface area contributed by atoms with Gasteiger partial charge in [-0.05, 0) is 69.5 Å². The third kappa shape index (κ3) is 5.79. The molecule has 3 N–H and O–H groups in total. The monoisotopic (exact) mass is 537 g/mol. The van der Waals surface area contributed by atoms with Gasteiger partial charge in [0, 0.05) is 5.56 Å². The number of hydrogen-bond donors (Lipinski definition) is 3. The van der Waals surface area contributed by atoms with Gasteiger partial charge in [0.15, 0.2) is 23.0 Å². The highest BCUT2D eigenvalue weighted by Crippen LogP contribution is 2.35. The predicted molar refractivity (Wildman–Crippen MR) is 133 cm³/mol. The molecule has 0 saturated heterocycles. The van der Waals surface area contributed by atoms with Crippen molar-refractivity contribution < 1.29 is 28.9 Å². The quantitative estimate of drug-likeness (QED) is 0.239.